The van der Waals surface area contributed by atoms with Crippen molar-refractivity contribution in [3.05, 3.63) is 88.8 Å². The molecule has 0 unspecified atom stereocenters. The molecule has 0 aliphatic carbocycles. The standard InChI is InChI=1S/C19H15ClFN3O/c20-15-6-3-5-13(10-15)19(25)24-16-8-9-18(23-12-16)22-11-14-4-1-2-7-17(14)21/h1-10,12H,11H2,(H,22,23)(H,24,25). The van der Waals surface area contributed by atoms with Crippen molar-refractivity contribution in [2.45, 2.75) is 6.54 Å². The smallest absolute Gasteiger partial charge is 0.255 e. The number of anilines is 2. The molecule has 0 saturated carbocycles. The van der Waals surface area contributed by atoms with E-state index < -0.39 is 0 Å². The van der Waals surface area contributed by atoms with Crippen molar-refractivity contribution in [2.24, 2.45) is 0 Å². The number of nitrogens with one attached hydrogen (secondary N) is 2. The molecule has 0 spiro atoms. The average molecular weight is 356 g/mol. The van der Waals surface area contributed by atoms with Gasteiger partial charge in [-0.1, -0.05) is 35.9 Å². The largest absolute Gasteiger partial charge is 0.366 e. The Hall–Kier alpha value is -2.92. The normalized spacial score (nSPS) is 10.3. The van der Waals surface area contributed by atoms with Gasteiger partial charge in [-0.3, -0.25) is 4.79 Å². The molecule has 2 aromatic carbocycles. The molecule has 0 aliphatic heterocycles. The van der Waals surface area contributed by atoms with Gasteiger partial charge in [0.1, 0.15) is 11.6 Å². The lowest BCUT2D eigenvalue weighted by molar-refractivity contribution is 0.102. The van der Waals surface area contributed by atoms with Crippen LogP contribution in [0.15, 0.2) is 66.9 Å². The van der Waals surface area contributed by atoms with E-state index in [1.807, 2.05) is 0 Å². The van der Waals surface area contributed by atoms with Crippen molar-refractivity contribution in [1.29, 1.82) is 0 Å². The molecule has 0 radical (unpaired) electrons. The number of nitrogens with zero attached hydrogens (tertiary/aromatic N) is 1. The molecule has 4 nitrogen and oxygen atoms in total. The Morgan fingerprint density at radius 2 is 1.92 bits per heavy atom. The fourth-order valence-corrected chi connectivity index (χ4v) is 2.42. The van der Waals surface area contributed by atoms with E-state index in [0.29, 0.717) is 34.2 Å². The molecule has 6 heteroatoms. The van der Waals surface area contributed by atoms with Crippen LogP contribution in [0.3, 0.4) is 0 Å². The van der Waals surface area contributed by atoms with Crippen molar-refractivity contribution in [1.82, 2.24) is 4.98 Å². The quantitative estimate of drug-likeness (QED) is 0.695. The van der Waals surface area contributed by atoms with Crippen LogP contribution in [0.2, 0.25) is 5.02 Å². The zero-order valence-corrected chi connectivity index (χ0v) is 13.9. The van der Waals surface area contributed by atoms with Crippen LogP contribution in [-0.4, -0.2) is 10.9 Å². The highest BCUT2D eigenvalue weighted by Crippen LogP contribution is 2.15. The number of hydrogen-bond acceptors (Lipinski definition) is 3. The molecule has 0 bridgehead atoms. The van der Waals surface area contributed by atoms with Gasteiger partial charge in [0.2, 0.25) is 0 Å². The summed E-state index contributed by atoms with van der Waals surface area (Å²) in [7, 11) is 0. The molecule has 3 rings (SSSR count). The van der Waals surface area contributed by atoms with Crippen LogP contribution in [0.4, 0.5) is 15.9 Å². The summed E-state index contributed by atoms with van der Waals surface area (Å²) >= 11 is 5.88. The van der Waals surface area contributed by atoms with Gasteiger partial charge < -0.3 is 10.6 Å². The highest BCUT2D eigenvalue weighted by Gasteiger charge is 2.07. The van der Waals surface area contributed by atoms with E-state index in [-0.39, 0.29) is 11.7 Å². The summed E-state index contributed by atoms with van der Waals surface area (Å²) in [6.07, 6.45) is 1.53. The lowest BCUT2D eigenvalue weighted by Gasteiger charge is -2.08. The molecule has 126 valence electrons. The number of halogens is 2. The third-order valence-electron chi connectivity index (χ3n) is 3.53. The molecule has 3 aromatic rings. The molecule has 1 heterocycles. The van der Waals surface area contributed by atoms with E-state index in [1.165, 1.54) is 12.3 Å². The van der Waals surface area contributed by atoms with Gasteiger partial charge in [-0.05, 0) is 36.4 Å². The van der Waals surface area contributed by atoms with Crippen LogP contribution in [0.1, 0.15) is 15.9 Å². The van der Waals surface area contributed by atoms with Gasteiger partial charge in [0, 0.05) is 22.7 Å². The van der Waals surface area contributed by atoms with E-state index in [4.69, 9.17) is 11.6 Å². The van der Waals surface area contributed by atoms with Crippen molar-refractivity contribution in [3.8, 4) is 0 Å². The van der Waals surface area contributed by atoms with Gasteiger partial charge in [-0.15, -0.1) is 0 Å². The average Bonchev–Trinajstić information content (AvgIpc) is 2.62. The lowest BCUT2D eigenvalue weighted by atomic mass is 10.2. The Morgan fingerprint density at radius 1 is 1.08 bits per heavy atom. The van der Waals surface area contributed by atoms with Crippen molar-refractivity contribution in [3.63, 3.8) is 0 Å². The maximum Gasteiger partial charge on any atom is 0.255 e. The highest BCUT2D eigenvalue weighted by molar-refractivity contribution is 6.31. The van der Waals surface area contributed by atoms with Crippen LogP contribution in [0.25, 0.3) is 0 Å². The summed E-state index contributed by atoms with van der Waals surface area (Å²) < 4.78 is 13.6. The van der Waals surface area contributed by atoms with E-state index >= 15 is 0 Å². The van der Waals surface area contributed by atoms with E-state index in [9.17, 15) is 9.18 Å². The number of amides is 1. The fourth-order valence-electron chi connectivity index (χ4n) is 2.23. The third-order valence-corrected chi connectivity index (χ3v) is 3.76. The zero-order chi connectivity index (χ0) is 17.6. The number of aromatic nitrogens is 1. The Bertz CT molecular complexity index is 884. The first-order chi connectivity index (χ1) is 12.1. The number of benzene rings is 2. The molecule has 0 fully saturated rings. The van der Waals surface area contributed by atoms with E-state index in [2.05, 4.69) is 15.6 Å². The van der Waals surface area contributed by atoms with Gasteiger partial charge in [0.25, 0.3) is 5.91 Å². The van der Waals surface area contributed by atoms with Crippen LogP contribution >= 0.6 is 11.6 Å². The summed E-state index contributed by atoms with van der Waals surface area (Å²) in [6.45, 7) is 0.327. The highest BCUT2D eigenvalue weighted by atomic mass is 35.5. The monoisotopic (exact) mass is 355 g/mol. The molecule has 0 aliphatic rings. The topological polar surface area (TPSA) is 54.0 Å². The van der Waals surface area contributed by atoms with E-state index in [0.717, 1.165) is 0 Å². The predicted molar refractivity (Wildman–Crippen MR) is 97.4 cm³/mol. The van der Waals surface area contributed by atoms with Gasteiger partial charge in [0.15, 0.2) is 0 Å². The first-order valence-electron chi connectivity index (χ1n) is 7.62. The molecule has 0 saturated heterocycles. The lowest BCUT2D eigenvalue weighted by Crippen LogP contribution is -2.12. The van der Waals surface area contributed by atoms with Gasteiger partial charge in [-0.2, -0.15) is 0 Å². The number of carbonyl (C=O) groups excluding carboxylic acids is 1. The fraction of sp³-hybridized carbons (Fsp3) is 0.0526. The maximum absolute atomic E-state index is 13.6. The summed E-state index contributed by atoms with van der Waals surface area (Å²) in [4.78, 5) is 16.4. The summed E-state index contributed by atoms with van der Waals surface area (Å²) in [5, 5.41) is 6.29. The minimum Gasteiger partial charge on any atom is -0.366 e. The van der Waals surface area contributed by atoms with E-state index in [1.54, 1.807) is 54.6 Å². The molecule has 1 amide bonds. The second kappa shape index (κ2) is 7.77. The molecule has 1 aromatic heterocycles. The van der Waals surface area contributed by atoms with Crippen LogP contribution in [0, 0.1) is 5.82 Å². The van der Waals surface area contributed by atoms with Crippen LogP contribution in [-0.2, 0) is 6.54 Å². The van der Waals surface area contributed by atoms with Gasteiger partial charge >= 0.3 is 0 Å². The Kier molecular flexibility index (Phi) is 5.26. The van der Waals surface area contributed by atoms with Crippen molar-refractivity contribution >= 4 is 29.0 Å². The second-order valence-electron chi connectivity index (χ2n) is 5.34. The van der Waals surface area contributed by atoms with Crippen LogP contribution in [0.5, 0.6) is 0 Å². The minimum absolute atomic E-state index is 0.264. The number of hydrogen-bond donors (Lipinski definition) is 2. The molecule has 25 heavy (non-hydrogen) atoms. The maximum atomic E-state index is 13.6. The third kappa shape index (κ3) is 4.55. The number of pyridine rings is 1. The first kappa shape index (κ1) is 16.9. The molecule has 2 N–H and O–H groups in total. The number of carbonyl (C=O) groups is 1. The first-order valence-corrected chi connectivity index (χ1v) is 8.00. The summed E-state index contributed by atoms with van der Waals surface area (Å²) in [6, 6.07) is 16.7. The van der Waals surface area contributed by atoms with Gasteiger partial charge in [0.05, 0.1) is 11.9 Å². The minimum atomic E-state index is -0.267. The van der Waals surface area contributed by atoms with Gasteiger partial charge in [-0.25, -0.2) is 9.37 Å². The molecular weight excluding hydrogens is 341 g/mol. The molecule has 0 atom stereocenters. The zero-order valence-electron chi connectivity index (χ0n) is 13.2. The Labute approximate surface area is 149 Å². The summed E-state index contributed by atoms with van der Waals surface area (Å²) in [5.74, 6) is 0.0563. The van der Waals surface area contributed by atoms with Crippen molar-refractivity contribution in [2.75, 3.05) is 10.6 Å². The molecular formula is C19H15ClFN3O. The predicted octanol–water partition coefficient (Wildman–Crippen LogP) is 4.74. The second-order valence-corrected chi connectivity index (χ2v) is 5.78. The van der Waals surface area contributed by atoms with Crippen LogP contribution < -0.4 is 10.6 Å². The van der Waals surface area contributed by atoms with Crippen molar-refractivity contribution < 1.29 is 9.18 Å². The SMILES string of the molecule is O=C(Nc1ccc(NCc2ccccc2F)nc1)c1cccc(Cl)c1. The Morgan fingerprint density at radius 3 is 2.64 bits per heavy atom. The number of rotatable bonds is 5. The Balaban J connectivity index is 1.60. The summed E-state index contributed by atoms with van der Waals surface area (Å²) in [5.41, 5.74) is 1.58.